The van der Waals surface area contributed by atoms with E-state index >= 15 is 0 Å². The van der Waals surface area contributed by atoms with E-state index in [0.717, 1.165) is 0 Å². The molecule has 1 saturated heterocycles. The summed E-state index contributed by atoms with van der Waals surface area (Å²) >= 11 is 6.11. The van der Waals surface area contributed by atoms with Gasteiger partial charge in [0, 0.05) is 19.2 Å². The van der Waals surface area contributed by atoms with Gasteiger partial charge in [0.15, 0.2) is 23.9 Å². The third-order valence-corrected chi connectivity index (χ3v) is 4.85. The predicted molar refractivity (Wildman–Crippen MR) is 113 cm³/mol. The van der Waals surface area contributed by atoms with Crippen molar-refractivity contribution in [1.29, 1.82) is 0 Å². The molecule has 3 N–H and O–H groups in total. The molecule has 4 heterocycles. The molecule has 172 valence electrons. The Balaban J connectivity index is 1.47. The van der Waals surface area contributed by atoms with Crippen molar-refractivity contribution in [2.45, 2.75) is 44.9 Å². The Morgan fingerprint density at radius 3 is 3.03 bits per heavy atom. The summed E-state index contributed by atoms with van der Waals surface area (Å²) in [5.74, 6) is 0.796. The number of aromatic nitrogens is 5. The summed E-state index contributed by atoms with van der Waals surface area (Å²) in [4.78, 5) is 16.1. The Morgan fingerprint density at radius 2 is 2.28 bits per heavy atom. The van der Waals surface area contributed by atoms with Crippen LogP contribution in [-0.4, -0.2) is 62.9 Å². The highest BCUT2D eigenvalue weighted by Gasteiger charge is 2.42. The number of halogens is 2. The number of rotatable bonds is 7. The lowest BCUT2D eigenvalue weighted by molar-refractivity contribution is 0.0615. The first kappa shape index (κ1) is 22.2. The van der Waals surface area contributed by atoms with Crippen molar-refractivity contribution in [2.75, 3.05) is 19.0 Å². The molecule has 1 fully saturated rings. The lowest BCUT2D eigenvalue weighted by atomic mass is 10.1. The van der Waals surface area contributed by atoms with E-state index in [4.69, 9.17) is 25.8 Å². The average Bonchev–Trinajstić information content (AvgIpc) is 3.41. The minimum absolute atomic E-state index is 0.0618. The Labute approximate surface area is 187 Å². The smallest absolute Gasteiger partial charge is 0.407 e. The molecule has 0 unspecified atom stereocenters. The summed E-state index contributed by atoms with van der Waals surface area (Å²) in [7, 11) is 1.58. The predicted octanol–water partition coefficient (Wildman–Crippen LogP) is 2.91. The SMILES string of the molecule is COCc1cc2c(Nc3cc([C@H]4OC[C@@H](OC(=O)NC(C)C)[C@H]4F)[nH]n3)nc(Cl)cn2n1. The van der Waals surface area contributed by atoms with Crippen LogP contribution in [0.2, 0.25) is 5.15 Å². The lowest BCUT2D eigenvalue weighted by Crippen LogP contribution is -2.36. The Kier molecular flexibility index (Phi) is 6.44. The van der Waals surface area contributed by atoms with Crippen LogP contribution < -0.4 is 10.6 Å². The van der Waals surface area contributed by atoms with Gasteiger partial charge >= 0.3 is 6.09 Å². The first-order chi connectivity index (χ1) is 15.3. The van der Waals surface area contributed by atoms with Crippen LogP contribution in [0.25, 0.3) is 5.52 Å². The zero-order valence-corrected chi connectivity index (χ0v) is 18.4. The minimum Gasteiger partial charge on any atom is -0.441 e. The molecule has 13 heteroatoms. The van der Waals surface area contributed by atoms with Gasteiger partial charge in [0.1, 0.15) is 16.8 Å². The van der Waals surface area contributed by atoms with E-state index in [-0.39, 0.29) is 17.8 Å². The number of carbonyl (C=O) groups is 1. The number of carbonyl (C=O) groups excluding carboxylic acids is 1. The van der Waals surface area contributed by atoms with Crippen molar-refractivity contribution in [3.8, 4) is 0 Å². The number of aromatic amines is 1. The highest BCUT2D eigenvalue weighted by Crippen LogP contribution is 2.34. The van der Waals surface area contributed by atoms with E-state index in [1.807, 2.05) is 6.07 Å². The second-order valence-electron chi connectivity index (χ2n) is 7.59. The van der Waals surface area contributed by atoms with E-state index < -0.39 is 24.5 Å². The number of H-pyrrole nitrogens is 1. The molecule has 0 bridgehead atoms. The number of alkyl carbamates (subject to hydrolysis) is 1. The number of alkyl halides is 1. The molecule has 0 saturated carbocycles. The minimum atomic E-state index is -1.55. The van der Waals surface area contributed by atoms with Gasteiger partial charge in [-0.05, 0) is 19.9 Å². The number of nitrogens with one attached hydrogen (secondary N) is 3. The fraction of sp³-hybridized carbons (Fsp3) is 0.474. The van der Waals surface area contributed by atoms with Crippen LogP contribution in [0.4, 0.5) is 20.8 Å². The number of amides is 1. The maximum Gasteiger partial charge on any atom is 0.407 e. The topological polar surface area (TPSA) is 128 Å². The average molecular weight is 468 g/mol. The molecule has 0 aromatic carbocycles. The molecule has 0 spiro atoms. The number of ether oxygens (including phenoxy) is 3. The quantitative estimate of drug-likeness (QED) is 0.484. The van der Waals surface area contributed by atoms with E-state index in [1.54, 1.807) is 37.7 Å². The molecule has 11 nitrogen and oxygen atoms in total. The van der Waals surface area contributed by atoms with Crippen LogP contribution in [0.15, 0.2) is 18.3 Å². The molecule has 0 radical (unpaired) electrons. The zero-order chi connectivity index (χ0) is 22.8. The molecular formula is C19H23ClFN7O4. The number of hydrogen-bond acceptors (Lipinski definition) is 8. The van der Waals surface area contributed by atoms with Gasteiger partial charge in [0.05, 0.1) is 30.8 Å². The van der Waals surface area contributed by atoms with Crippen molar-refractivity contribution in [2.24, 2.45) is 0 Å². The zero-order valence-electron chi connectivity index (χ0n) is 17.6. The van der Waals surface area contributed by atoms with Crippen molar-refractivity contribution in [3.05, 3.63) is 34.9 Å². The van der Waals surface area contributed by atoms with Crippen LogP contribution in [0.3, 0.4) is 0 Å². The number of methoxy groups -OCH3 is 1. The van der Waals surface area contributed by atoms with Crippen LogP contribution in [0.5, 0.6) is 0 Å². The van der Waals surface area contributed by atoms with Crippen LogP contribution in [0, 0.1) is 0 Å². The van der Waals surface area contributed by atoms with Gasteiger partial charge in [-0.25, -0.2) is 18.7 Å². The summed E-state index contributed by atoms with van der Waals surface area (Å²) in [6.07, 6.45) is -2.63. The molecule has 1 amide bonds. The van der Waals surface area contributed by atoms with Crippen molar-refractivity contribution < 1.29 is 23.4 Å². The fourth-order valence-electron chi connectivity index (χ4n) is 3.34. The number of nitrogens with zero attached hydrogens (tertiary/aromatic N) is 4. The summed E-state index contributed by atoms with van der Waals surface area (Å²) in [5, 5.41) is 17.1. The summed E-state index contributed by atoms with van der Waals surface area (Å²) in [6, 6.07) is 3.29. The third kappa shape index (κ3) is 4.76. The number of hydrogen-bond donors (Lipinski definition) is 3. The van der Waals surface area contributed by atoms with Crippen LogP contribution in [-0.2, 0) is 20.8 Å². The normalized spacial score (nSPS) is 20.8. The van der Waals surface area contributed by atoms with Gasteiger partial charge in [-0.3, -0.25) is 5.10 Å². The molecule has 1 aliphatic heterocycles. The summed E-state index contributed by atoms with van der Waals surface area (Å²) in [5.41, 5.74) is 1.76. The van der Waals surface area contributed by atoms with Crippen LogP contribution >= 0.6 is 11.6 Å². The van der Waals surface area contributed by atoms with Gasteiger partial charge in [0.2, 0.25) is 0 Å². The second-order valence-corrected chi connectivity index (χ2v) is 7.97. The maximum atomic E-state index is 14.9. The first-order valence-electron chi connectivity index (χ1n) is 9.93. The van der Waals surface area contributed by atoms with Crippen LogP contribution in [0.1, 0.15) is 31.3 Å². The number of fused-ring (bicyclic) bond motifs is 1. The van der Waals surface area contributed by atoms with E-state index in [2.05, 4.69) is 30.9 Å². The molecular weight excluding hydrogens is 445 g/mol. The summed E-state index contributed by atoms with van der Waals surface area (Å²) in [6.45, 7) is 3.84. The molecule has 0 aliphatic carbocycles. The molecule has 32 heavy (non-hydrogen) atoms. The van der Waals surface area contributed by atoms with Crippen molar-refractivity contribution >= 4 is 34.8 Å². The highest BCUT2D eigenvalue weighted by molar-refractivity contribution is 6.29. The van der Waals surface area contributed by atoms with E-state index in [0.29, 0.717) is 35.1 Å². The highest BCUT2D eigenvalue weighted by atomic mass is 35.5. The maximum absolute atomic E-state index is 14.9. The largest absolute Gasteiger partial charge is 0.441 e. The molecule has 3 aromatic rings. The fourth-order valence-corrected chi connectivity index (χ4v) is 3.51. The first-order valence-corrected chi connectivity index (χ1v) is 10.3. The molecule has 3 atom stereocenters. The van der Waals surface area contributed by atoms with E-state index in [9.17, 15) is 9.18 Å². The third-order valence-electron chi connectivity index (χ3n) is 4.67. The van der Waals surface area contributed by atoms with Gasteiger partial charge in [0.25, 0.3) is 0 Å². The number of anilines is 2. The second kappa shape index (κ2) is 9.27. The van der Waals surface area contributed by atoms with Gasteiger partial charge in [-0.15, -0.1) is 0 Å². The monoisotopic (exact) mass is 467 g/mol. The lowest BCUT2D eigenvalue weighted by Gasteiger charge is -2.16. The van der Waals surface area contributed by atoms with Gasteiger partial charge in [-0.1, -0.05) is 11.6 Å². The van der Waals surface area contributed by atoms with Crippen molar-refractivity contribution in [3.63, 3.8) is 0 Å². The molecule has 4 rings (SSSR count). The molecule has 1 aliphatic rings. The van der Waals surface area contributed by atoms with Crippen molar-refractivity contribution in [1.82, 2.24) is 30.1 Å². The van der Waals surface area contributed by atoms with Gasteiger partial charge < -0.3 is 24.8 Å². The molecule has 3 aromatic heterocycles. The Morgan fingerprint density at radius 1 is 1.47 bits per heavy atom. The Hall–Kier alpha value is -2.96. The van der Waals surface area contributed by atoms with Gasteiger partial charge in [-0.2, -0.15) is 10.2 Å². The standard InChI is InChI=1S/C19H23ClFN7O4/c1-9(2)22-19(29)32-13-8-31-17(16(13)21)11-5-15(26-25-11)24-18-12-4-10(7-30-3)27-28(12)6-14(20)23-18/h4-6,9,13,16-17H,7-8H2,1-3H3,(H,22,29)(H2,23,24,25,26)/t13-,16-,17-/m1/s1. The Bertz CT molecular complexity index is 1100. The summed E-state index contributed by atoms with van der Waals surface area (Å²) < 4.78 is 32.2. The van der Waals surface area contributed by atoms with E-state index in [1.165, 1.54) is 0 Å².